The lowest BCUT2D eigenvalue weighted by Gasteiger charge is -2.37. The largest absolute Gasteiger partial charge is 0.435 e. The fourth-order valence-corrected chi connectivity index (χ4v) is 3.03. The van der Waals surface area contributed by atoms with Crippen molar-refractivity contribution in [3.05, 3.63) is 30.2 Å². The molecule has 8 nitrogen and oxygen atoms in total. The number of hydrogen-bond acceptors (Lipinski definition) is 7. The summed E-state index contributed by atoms with van der Waals surface area (Å²) in [5.74, 6) is 0.164. The van der Waals surface area contributed by atoms with Gasteiger partial charge >= 0.3 is 6.18 Å². The van der Waals surface area contributed by atoms with E-state index in [2.05, 4.69) is 30.0 Å². The Labute approximate surface area is 157 Å². The maximum absolute atomic E-state index is 13.1. The number of anilines is 1. The topological polar surface area (TPSA) is 106 Å². The zero-order chi connectivity index (χ0) is 19.9. The van der Waals surface area contributed by atoms with E-state index in [1.807, 2.05) is 6.92 Å². The van der Waals surface area contributed by atoms with Gasteiger partial charge in [0.1, 0.15) is 17.1 Å². The number of aromatic nitrogens is 5. The molecule has 0 saturated carbocycles. The lowest BCUT2D eigenvalue weighted by molar-refractivity contribution is -0.138. The van der Waals surface area contributed by atoms with Crippen LogP contribution in [0.5, 0.6) is 11.6 Å². The molecule has 3 aromatic heterocycles. The van der Waals surface area contributed by atoms with Gasteiger partial charge in [-0.05, 0) is 25.8 Å². The van der Waals surface area contributed by atoms with Gasteiger partial charge in [0.2, 0.25) is 0 Å². The summed E-state index contributed by atoms with van der Waals surface area (Å²) in [7, 11) is 0. The maximum Gasteiger partial charge on any atom is 0.421 e. The molecular formula is C17H18F3N7O. The SMILES string of the molecule is CC1(N)CCN(c2cnc3c(Oc4ccncc4C(F)(F)F)n[nH]c3n2)CC1. The van der Waals surface area contributed by atoms with Crippen molar-refractivity contribution in [3.63, 3.8) is 0 Å². The third-order valence-corrected chi connectivity index (χ3v) is 4.75. The number of halogens is 3. The molecule has 1 aliphatic heterocycles. The van der Waals surface area contributed by atoms with Gasteiger partial charge in [0.25, 0.3) is 5.88 Å². The second-order valence-electron chi connectivity index (χ2n) is 7.07. The van der Waals surface area contributed by atoms with Gasteiger partial charge in [-0.25, -0.2) is 9.97 Å². The molecule has 0 atom stereocenters. The quantitative estimate of drug-likeness (QED) is 0.705. The number of aromatic amines is 1. The lowest BCUT2D eigenvalue weighted by atomic mass is 9.91. The molecule has 3 aromatic rings. The zero-order valence-electron chi connectivity index (χ0n) is 15.0. The summed E-state index contributed by atoms with van der Waals surface area (Å²) in [5.41, 5.74) is 5.54. The van der Waals surface area contributed by atoms with Crippen LogP contribution in [0.25, 0.3) is 11.2 Å². The molecule has 4 heterocycles. The number of piperidine rings is 1. The highest BCUT2D eigenvalue weighted by atomic mass is 19.4. The number of nitrogens with one attached hydrogen (secondary N) is 1. The van der Waals surface area contributed by atoms with Crippen LogP contribution in [0.3, 0.4) is 0 Å². The molecule has 3 N–H and O–H groups in total. The van der Waals surface area contributed by atoms with Crippen LogP contribution in [0.15, 0.2) is 24.7 Å². The number of alkyl halides is 3. The van der Waals surface area contributed by atoms with E-state index in [-0.39, 0.29) is 16.9 Å². The Bertz CT molecular complexity index is 992. The highest BCUT2D eigenvalue weighted by Crippen LogP contribution is 2.38. The van der Waals surface area contributed by atoms with E-state index in [4.69, 9.17) is 10.5 Å². The van der Waals surface area contributed by atoms with Gasteiger partial charge in [-0.3, -0.25) is 10.1 Å². The van der Waals surface area contributed by atoms with Crippen LogP contribution in [0.2, 0.25) is 0 Å². The van der Waals surface area contributed by atoms with Crippen molar-refractivity contribution in [2.24, 2.45) is 5.73 Å². The van der Waals surface area contributed by atoms with Crippen LogP contribution in [-0.2, 0) is 6.18 Å². The van der Waals surface area contributed by atoms with Gasteiger partial charge in [0.05, 0.1) is 6.20 Å². The number of H-pyrrole nitrogens is 1. The van der Waals surface area contributed by atoms with Crippen LogP contribution in [-0.4, -0.2) is 43.8 Å². The van der Waals surface area contributed by atoms with Crippen molar-refractivity contribution in [1.29, 1.82) is 0 Å². The van der Waals surface area contributed by atoms with Crippen LogP contribution in [0, 0.1) is 0 Å². The van der Waals surface area contributed by atoms with E-state index in [0.717, 1.165) is 32.0 Å². The average molecular weight is 393 g/mol. The molecule has 0 bridgehead atoms. The van der Waals surface area contributed by atoms with E-state index in [1.54, 1.807) is 6.20 Å². The first-order valence-corrected chi connectivity index (χ1v) is 8.67. The molecule has 0 unspecified atom stereocenters. The molecule has 4 rings (SSSR count). The van der Waals surface area contributed by atoms with Crippen LogP contribution < -0.4 is 15.4 Å². The smallest absolute Gasteiger partial charge is 0.421 e. The lowest BCUT2D eigenvalue weighted by Crippen LogP contribution is -2.48. The first-order valence-electron chi connectivity index (χ1n) is 8.67. The second-order valence-corrected chi connectivity index (χ2v) is 7.07. The fraction of sp³-hybridized carbons (Fsp3) is 0.412. The molecule has 0 radical (unpaired) electrons. The number of nitrogens with two attached hydrogens (primary N) is 1. The summed E-state index contributed by atoms with van der Waals surface area (Å²) in [4.78, 5) is 14.3. The van der Waals surface area contributed by atoms with Gasteiger partial charge in [-0.2, -0.15) is 13.2 Å². The fourth-order valence-electron chi connectivity index (χ4n) is 3.03. The third kappa shape index (κ3) is 3.57. The normalized spacial score (nSPS) is 17.1. The minimum absolute atomic E-state index is 0.0843. The predicted octanol–water partition coefficient (Wildman–Crippen LogP) is 2.88. The number of fused-ring (bicyclic) bond motifs is 1. The highest BCUT2D eigenvalue weighted by molar-refractivity contribution is 5.77. The Kier molecular flexibility index (Phi) is 4.33. The third-order valence-electron chi connectivity index (χ3n) is 4.75. The van der Waals surface area contributed by atoms with Gasteiger partial charge in [0.15, 0.2) is 11.2 Å². The van der Waals surface area contributed by atoms with E-state index in [0.29, 0.717) is 17.7 Å². The summed E-state index contributed by atoms with van der Waals surface area (Å²) >= 11 is 0. The standard InChI is InChI=1S/C17H18F3N7O/c1-16(21)3-6-27(7-4-16)12-9-23-13-14(24-12)25-26-15(13)28-11-2-5-22-8-10(11)17(18,19)20/h2,5,8-9H,3-4,6-7,21H2,1H3,(H,24,25,26). The zero-order valence-corrected chi connectivity index (χ0v) is 15.0. The second kappa shape index (κ2) is 6.59. The van der Waals surface area contributed by atoms with Crippen molar-refractivity contribution in [1.82, 2.24) is 25.1 Å². The monoisotopic (exact) mass is 393 g/mol. The summed E-state index contributed by atoms with van der Waals surface area (Å²) < 4.78 is 44.7. The molecule has 1 fully saturated rings. The molecule has 0 aromatic carbocycles. The van der Waals surface area contributed by atoms with E-state index >= 15 is 0 Å². The minimum Gasteiger partial charge on any atom is -0.435 e. The molecule has 1 saturated heterocycles. The van der Waals surface area contributed by atoms with Crippen molar-refractivity contribution in [2.75, 3.05) is 18.0 Å². The van der Waals surface area contributed by atoms with E-state index in [9.17, 15) is 13.2 Å². The first kappa shape index (κ1) is 18.4. The average Bonchev–Trinajstić information content (AvgIpc) is 3.03. The Hall–Kier alpha value is -2.95. The van der Waals surface area contributed by atoms with Crippen LogP contribution >= 0.6 is 0 Å². The summed E-state index contributed by atoms with van der Waals surface area (Å²) in [6, 6.07) is 1.13. The summed E-state index contributed by atoms with van der Waals surface area (Å²) in [6.45, 7) is 3.51. The Morgan fingerprint density at radius 2 is 2.00 bits per heavy atom. The summed E-state index contributed by atoms with van der Waals surface area (Å²) in [6.07, 6.45) is 0.528. The highest BCUT2D eigenvalue weighted by Gasteiger charge is 2.35. The molecule has 1 aliphatic rings. The molecule has 11 heteroatoms. The molecule has 28 heavy (non-hydrogen) atoms. The number of hydrogen-bond donors (Lipinski definition) is 2. The molecule has 0 amide bonds. The number of nitrogens with zero attached hydrogens (tertiary/aromatic N) is 5. The molecule has 0 spiro atoms. The molecule has 0 aliphatic carbocycles. The Morgan fingerprint density at radius 3 is 2.71 bits per heavy atom. The summed E-state index contributed by atoms with van der Waals surface area (Å²) in [5, 5.41) is 6.59. The predicted molar refractivity (Wildman–Crippen MR) is 95.0 cm³/mol. The van der Waals surface area contributed by atoms with Gasteiger partial charge in [0, 0.05) is 31.0 Å². The Balaban J connectivity index is 1.60. The van der Waals surface area contributed by atoms with Crippen molar-refractivity contribution in [3.8, 4) is 11.6 Å². The van der Waals surface area contributed by atoms with E-state index in [1.165, 1.54) is 6.20 Å². The molecule has 148 valence electrons. The van der Waals surface area contributed by atoms with Crippen molar-refractivity contribution >= 4 is 17.0 Å². The Morgan fingerprint density at radius 1 is 1.25 bits per heavy atom. The van der Waals surface area contributed by atoms with Crippen LogP contribution in [0.4, 0.5) is 19.0 Å². The van der Waals surface area contributed by atoms with Gasteiger partial charge in [-0.15, -0.1) is 5.10 Å². The molecular weight excluding hydrogens is 375 g/mol. The maximum atomic E-state index is 13.1. The number of rotatable bonds is 3. The number of pyridine rings is 1. The van der Waals surface area contributed by atoms with E-state index < -0.39 is 17.5 Å². The van der Waals surface area contributed by atoms with Gasteiger partial charge in [-0.1, -0.05) is 0 Å². The van der Waals surface area contributed by atoms with Gasteiger partial charge < -0.3 is 15.4 Å². The van der Waals surface area contributed by atoms with Crippen LogP contribution in [0.1, 0.15) is 25.3 Å². The number of ether oxygens (including phenoxy) is 1. The minimum atomic E-state index is -4.60. The van der Waals surface area contributed by atoms with Crippen molar-refractivity contribution < 1.29 is 17.9 Å². The van der Waals surface area contributed by atoms with Crippen molar-refractivity contribution in [2.45, 2.75) is 31.5 Å². The first-order chi connectivity index (χ1) is 13.2.